The Labute approximate surface area is 141 Å². The Morgan fingerprint density at radius 2 is 2.04 bits per heavy atom. The molecular weight excluding hydrogens is 344 g/mol. The van der Waals surface area contributed by atoms with Crippen LogP contribution in [0.15, 0.2) is 18.2 Å². The number of amides is 1. The first-order chi connectivity index (χ1) is 10.8. The van der Waals surface area contributed by atoms with Gasteiger partial charge >= 0.3 is 0 Å². The largest absolute Gasteiger partial charge is 0.490 e. The molecule has 2 N–H and O–H groups in total. The number of carbonyl (C=O) groups is 1. The highest BCUT2D eigenvalue weighted by Crippen LogP contribution is 2.28. The molecule has 1 aromatic carbocycles. The van der Waals surface area contributed by atoms with Crippen LogP contribution in [0.3, 0.4) is 0 Å². The van der Waals surface area contributed by atoms with E-state index in [1.54, 1.807) is 25.3 Å². The van der Waals surface area contributed by atoms with Crippen molar-refractivity contribution in [1.29, 1.82) is 0 Å². The number of hydrogen-bond acceptors (Lipinski definition) is 6. The van der Waals surface area contributed by atoms with Gasteiger partial charge in [-0.15, -0.1) is 0 Å². The fraction of sp³-hybridized carbons (Fsp3) is 0.500. The summed E-state index contributed by atoms with van der Waals surface area (Å²) in [5.74, 6) is -0.0127. The fourth-order valence-corrected chi connectivity index (χ4v) is 2.16. The molecule has 0 saturated heterocycles. The van der Waals surface area contributed by atoms with Crippen LogP contribution < -0.4 is 15.4 Å². The van der Waals surface area contributed by atoms with E-state index < -0.39 is 9.84 Å². The molecule has 1 rings (SSSR count). The Balaban J connectivity index is 2.61. The van der Waals surface area contributed by atoms with Crippen molar-refractivity contribution in [3.05, 3.63) is 23.2 Å². The third kappa shape index (κ3) is 8.75. The molecule has 0 fully saturated rings. The molecule has 130 valence electrons. The maximum atomic E-state index is 11.9. The van der Waals surface area contributed by atoms with Crippen molar-refractivity contribution in [3.63, 3.8) is 0 Å². The number of rotatable bonds is 10. The highest BCUT2D eigenvalue weighted by atomic mass is 35.5. The number of nitrogens with one attached hydrogen (secondary N) is 2. The zero-order chi connectivity index (χ0) is 17.3. The summed E-state index contributed by atoms with van der Waals surface area (Å²) in [6.07, 6.45) is 1.13. The Hall–Kier alpha value is -1.35. The molecule has 1 amide bonds. The molecule has 23 heavy (non-hydrogen) atoms. The van der Waals surface area contributed by atoms with Crippen LogP contribution in [0.2, 0.25) is 5.02 Å². The van der Waals surface area contributed by atoms with Crippen molar-refractivity contribution >= 4 is 33.0 Å². The van der Waals surface area contributed by atoms with Crippen LogP contribution in [-0.4, -0.2) is 59.7 Å². The Bertz CT molecular complexity index is 622. The van der Waals surface area contributed by atoms with E-state index in [2.05, 4.69) is 10.6 Å². The number of benzene rings is 1. The predicted molar refractivity (Wildman–Crippen MR) is 90.0 cm³/mol. The minimum Gasteiger partial charge on any atom is -0.490 e. The lowest BCUT2D eigenvalue weighted by atomic mass is 10.3. The summed E-state index contributed by atoms with van der Waals surface area (Å²) in [7, 11) is -1.54. The van der Waals surface area contributed by atoms with Crippen LogP contribution in [0.5, 0.6) is 5.75 Å². The highest BCUT2D eigenvalue weighted by Gasteiger charge is 2.10. The Morgan fingerprint density at radius 3 is 2.70 bits per heavy atom. The first-order valence-corrected chi connectivity index (χ1v) is 9.35. The molecule has 0 saturated carbocycles. The van der Waals surface area contributed by atoms with Crippen LogP contribution in [0.1, 0.15) is 0 Å². The normalized spacial score (nSPS) is 11.3. The minimum absolute atomic E-state index is 0.00454. The molecule has 0 atom stereocenters. The molecule has 0 radical (unpaired) electrons. The van der Waals surface area contributed by atoms with Crippen LogP contribution in [0.4, 0.5) is 5.69 Å². The first-order valence-electron chi connectivity index (χ1n) is 6.91. The number of ether oxygens (including phenoxy) is 2. The summed E-state index contributed by atoms with van der Waals surface area (Å²) in [6.45, 7) is 1.16. The number of hydrogen-bond donors (Lipinski definition) is 2. The lowest BCUT2D eigenvalue weighted by Gasteiger charge is -2.13. The molecule has 0 aliphatic rings. The first kappa shape index (κ1) is 19.7. The zero-order valence-electron chi connectivity index (χ0n) is 13.1. The summed E-state index contributed by atoms with van der Waals surface area (Å²) in [6, 6.07) is 4.73. The number of anilines is 1. The van der Waals surface area contributed by atoms with Gasteiger partial charge in [-0.2, -0.15) is 0 Å². The van der Waals surface area contributed by atoms with Gasteiger partial charge in [0.15, 0.2) is 9.84 Å². The third-order valence-corrected chi connectivity index (χ3v) is 3.84. The predicted octanol–water partition coefficient (Wildman–Crippen LogP) is 0.938. The van der Waals surface area contributed by atoms with Gasteiger partial charge in [0.25, 0.3) is 0 Å². The molecule has 0 bridgehead atoms. The third-order valence-electron chi connectivity index (χ3n) is 2.70. The van der Waals surface area contributed by atoms with Crippen molar-refractivity contribution in [2.75, 3.05) is 50.7 Å². The highest BCUT2D eigenvalue weighted by molar-refractivity contribution is 7.90. The van der Waals surface area contributed by atoms with E-state index >= 15 is 0 Å². The van der Waals surface area contributed by atoms with E-state index in [9.17, 15) is 13.2 Å². The van der Waals surface area contributed by atoms with Crippen LogP contribution in [-0.2, 0) is 19.4 Å². The molecule has 0 unspecified atom stereocenters. The van der Waals surface area contributed by atoms with Gasteiger partial charge in [-0.3, -0.25) is 4.79 Å². The maximum Gasteiger partial charge on any atom is 0.238 e. The van der Waals surface area contributed by atoms with E-state index in [0.29, 0.717) is 29.6 Å². The van der Waals surface area contributed by atoms with Crippen LogP contribution >= 0.6 is 11.6 Å². The van der Waals surface area contributed by atoms with E-state index in [1.165, 1.54) is 0 Å². The van der Waals surface area contributed by atoms with E-state index in [1.807, 2.05) is 0 Å². The molecule has 9 heteroatoms. The number of methoxy groups -OCH3 is 1. The summed E-state index contributed by atoms with van der Waals surface area (Å²) in [5.41, 5.74) is 0.393. The second kappa shape index (κ2) is 9.71. The van der Waals surface area contributed by atoms with E-state index in [0.717, 1.165) is 6.26 Å². The van der Waals surface area contributed by atoms with Gasteiger partial charge in [0.2, 0.25) is 5.91 Å². The van der Waals surface area contributed by atoms with Crippen molar-refractivity contribution in [1.82, 2.24) is 5.32 Å². The maximum absolute atomic E-state index is 11.9. The molecule has 0 aromatic heterocycles. The van der Waals surface area contributed by atoms with Gasteiger partial charge in [-0.25, -0.2) is 8.42 Å². The monoisotopic (exact) mass is 364 g/mol. The lowest BCUT2D eigenvalue weighted by Crippen LogP contribution is -2.30. The van der Waals surface area contributed by atoms with E-state index in [-0.39, 0.29) is 24.8 Å². The van der Waals surface area contributed by atoms with E-state index in [4.69, 9.17) is 21.1 Å². The summed E-state index contributed by atoms with van der Waals surface area (Å²) in [4.78, 5) is 11.9. The average molecular weight is 365 g/mol. The van der Waals surface area contributed by atoms with Crippen LogP contribution in [0.25, 0.3) is 0 Å². The Morgan fingerprint density at radius 1 is 1.30 bits per heavy atom. The van der Waals surface area contributed by atoms with Gasteiger partial charge in [-0.05, 0) is 18.2 Å². The van der Waals surface area contributed by atoms with Crippen LogP contribution in [0, 0.1) is 0 Å². The summed E-state index contributed by atoms with van der Waals surface area (Å²) in [5, 5.41) is 6.02. The van der Waals surface area contributed by atoms with Gasteiger partial charge in [0.05, 0.1) is 24.6 Å². The molecule has 0 spiro atoms. The fourth-order valence-electron chi connectivity index (χ4n) is 1.60. The average Bonchev–Trinajstić information content (AvgIpc) is 2.45. The smallest absolute Gasteiger partial charge is 0.238 e. The molecule has 0 aliphatic carbocycles. The topological polar surface area (TPSA) is 93.7 Å². The standard InChI is InChI=1S/C14H21ClN2O5S/c1-21-6-5-16-10-14(18)17-12-9-11(15)3-4-13(12)22-7-8-23(2,19)20/h3-4,9,16H,5-8,10H2,1-2H3,(H,17,18). The second-order valence-electron chi connectivity index (χ2n) is 4.84. The van der Waals surface area contributed by atoms with Crippen molar-refractivity contribution < 1.29 is 22.7 Å². The van der Waals surface area contributed by atoms with Gasteiger partial charge < -0.3 is 20.1 Å². The van der Waals surface area contributed by atoms with Gasteiger partial charge in [-0.1, -0.05) is 11.6 Å². The van der Waals surface area contributed by atoms with Crippen molar-refractivity contribution in [2.24, 2.45) is 0 Å². The second-order valence-corrected chi connectivity index (χ2v) is 7.53. The molecule has 1 aromatic rings. The molecule has 0 heterocycles. The number of carbonyl (C=O) groups excluding carboxylic acids is 1. The Kier molecular flexibility index (Phi) is 8.32. The molecule has 0 aliphatic heterocycles. The summed E-state index contributed by atoms with van der Waals surface area (Å²) < 4.78 is 32.5. The quantitative estimate of drug-likeness (QED) is 0.600. The molecule has 7 nitrogen and oxygen atoms in total. The number of sulfone groups is 1. The van der Waals surface area contributed by atoms with Gasteiger partial charge in [0.1, 0.15) is 12.4 Å². The van der Waals surface area contributed by atoms with Crippen molar-refractivity contribution in [2.45, 2.75) is 0 Å². The summed E-state index contributed by atoms with van der Waals surface area (Å²) >= 11 is 5.92. The SMILES string of the molecule is COCCNCC(=O)Nc1cc(Cl)ccc1OCCS(C)(=O)=O. The zero-order valence-corrected chi connectivity index (χ0v) is 14.7. The van der Waals surface area contributed by atoms with Gasteiger partial charge in [0, 0.05) is 24.9 Å². The molecular formula is C14H21ClN2O5S. The minimum atomic E-state index is -3.12. The van der Waals surface area contributed by atoms with Crippen molar-refractivity contribution in [3.8, 4) is 5.75 Å². The number of halogens is 1. The lowest BCUT2D eigenvalue weighted by molar-refractivity contribution is -0.115.